The van der Waals surface area contributed by atoms with Crippen molar-refractivity contribution in [1.29, 1.82) is 0 Å². The van der Waals surface area contributed by atoms with Gasteiger partial charge in [-0.05, 0) is 24.6 Å². The Morgan fingerprint density at radius 3 is 2.57 bits per heavy atom. The zero-order chi connectivity index (χ0) is 20.3. The molecular formula is C23H24N4O3. The van der Waals surface area contributed by atoms with Crippen molar-refractivity contribution in [2.45, 2.75) is 13.0 Å². The Bertz CT molecular complexity index is 1200. The van der Waals surface area contributed by atoms with E-state index in [1.54, 1.807) is 0 Å². The fourth-order valence-electron chi connectivity index (χ4n) is 4.02. The largest absolute Gasteiger partial charge is 0.464 e. The van der Waals surface area contributed by atoms with Crippen molar-refractivity contribution >= 4 is 39.1 Å². The number of esters is 1. The lowest BCUT2D eigenvalue weighted by Gasteiger charge is -2.26. The van der Waals surface area contributed by atoms with Gasteiger partial charge < -0.3 is 14.0 Å². The van der Waals surface area contributed by atoms with Crippen LogP contribution in [0.4, 0.5) is 0 Å². The summed E-state index contributed by atoms with van der Waals surface area (Å²) in [5.74, 6) is -0.255. The number of morpholine rings is 1. The van der Waals surface area contributed by atoms with Crippen molar-refractivity contribution in [3.8, 4) is 0 Å². The maximum atomic E-state index is 12.6. The molecule has 2 aromatic carbocycles. The van der Waals surface area contributed by atoms with E-state index in [4.69, 9.17) is 19.4 Å². The second-order valence-electron chi connectivity index (χ2n) is 7.52. The van der Waals surface area contributed by atoms with Crippen molar-refractivity contribution < 1.29 is 14.3 Å². The molecule has 0 N–H and O–H groups in total. The standard InChI is InChI=1S/C23H24N4O3/c28-21(30-13-5-10-26-11-14-29-15-12-26)16-27-20-9-4-1-6-17(20)22-23(27)25-19-8-3-2-7-18(19)24-22/h1-4,6-9H,5,10-16H2. The van der Waals surface area contributed by atoms with Crippen LogP contribution in [0.2, 0.25) is 0 Å². The summed E-state index contributed by atoms with van der Waals surface area (Å²) in [6.07, 6.45) is 0.823. The van der Waals surface area contributed by atoms with E-state index >= 15 is 0 Å². The predicted molar refractivity (Wildman–Crippen MR) is 115 cm³/mol. The van der Waals surface area contributed by atoms with E-state index in [9.17, 15) is 4.79 Å². The van der Waals surface area contributed by atoms with Gasteiger partial charge in [0.1, 0.15) is 12.1 Å². The van der Waals surface area contributed by atoms with E-state index < -0.39 is 0 Å². The van der Waals surface area contributed by atoms with E-state index in [1.165, 1.54) is 0 Å². The molecule has 0 unspecified atom stereocenters. The molecule has 1 aliphatic heterocycles. The summed E-state index contributed by atoms with van der Waals surface area (Å²) in [6.45, 7) is 4.91. The lowest BCUT2D eigenvalue weighted by atomic mass is 10.2. The second-order valence-corrected chi connectivity index (χ2v) is 7.52. The topological polar surface area (TPSA) is 69.5 Å². The molecule has 2 aromatic heterocycles. The van der Waals surface area contributed by atoms with Gasteiger partial charge in [-0.15, -0.1) is 0 Å². The van der Waals surface area contributed by atoms with E-state index in [-0.39, 0.29) is 12.5 Å². The zero-order valence-corrected chi connectivity index (χ0v) is 16.8. The van der Waals surface area contributed by atoms with Crippen LogP contribution in [0, 0.1) is 0 Å². The minimum absolute atomic E-state index is 0.120. The first kappa shape index (κ1) is 19.0. The molecule has 154 valence electrons. The number of ether oxygens (including phenoxy) is 2. The summed E-state index contributed by atoms with van der Waals surface area (Å²) < 4.78 is 12.8. The van der Waals surface area contributed by atoms with Crippen LogP contribution in [-0.4, -0.2) is 64.9 Å². The van der Waals surface area contributed by atoms with Crippen LogP contribution in [0.15, 0.2) is 48.5 Å². The van der Waals surface area contributed by atoms with Crippen molar-refractivity contribution in [3.05, 3.63) is 48.5 Å². The van der Waals surface area contributed by atoms with Gasteiger partial charge >= 0.3 is 5.97 Å². The average Bonchev–Trinajstić information content (AvgIpc) is 3.09. The van der Waals surface area contributed by atoms with Crippen LogP contribution in [0.25, 0.3) is 33.1 Å². The molecule has 0 spiro atoms. The van der Waals surface area contributed by atoms with E-state index in [1.807, 2.05) is 53.1 Å². The Labute approximate surface area is 174 Å². The molecule has 1 saturated heterocycles. The Hall–Kier alpha value is -3.03. The molecule has 0 bridgehead atoms. The molecule has 0 atom stereocenters. The van der Waals surface area contributed by atoms with Crippen LogP contribution in [0.3, 0.4) is 0 Å². The van der Waals surface area contributed by atoms with E-state index in [0.29, 0.717) is 12.3 Å². The Balaban J connectivity index is 1.35. The van der Waals surface area contributed by atoms with E-state index in [2.05, 4.69) is 4.90 Å². The van der Waals surface area contributed by atoms with Gasteiger partial charge in [0.2, 0.25) is 0 Å². The fraction of sp³-hybridized carbons (Fsp3) is 0.348. The first-order chi connectivity index (χ1) is 14.8. The highest BCUT2D eigenvalue weighted by Crippen LogP contribution is 2.28. The van der Waals surface area contributed by atoms with Crippen LogP contribution >= 0.6 is 0 Å². The Morgan fingerprint density at radius 2 is 1.73 bits per heavy atom. The normalized spacial score (nSPS) is 15.2. The number of benzene rings is 2. The number of rotatable bonds is 6. The van der Waals surface area contributed by atoms with Crippen LogP contribution in [0.5, 0.6) is 0 Å². The zero-order valence-electron chi connectivity index (χ0n) is 16.8. The molecular weight excluding hydrogens is 380 g/mol. The number of hydrogen-bond donors (Lipinski definition) is 0. The molecule has 1 aliphatic rings. The highest BCUT2D eigenvalue weighted by Gasteiger charge is 2.17. The Kier molecular flexibility index (Phi) is 5.29. The van der Waals surface area contributed by atoms with E-state index in [0.717, 1.165) is 66.7 Å². The first-order valence-electron chi connectivity index (χ1n) is 10.4. The molecule has 30 heavy (non-hydrogen) atoms. The van der Waals surface area contributed by atoms with Gasteiger partial charge in [-0.1, -0.05) is 30.3 Å². The number of carbonyl (C=O) groups excluding carboxylic acids is 1. The molecule has 0 saturated carbocycles. The van der Waals surface area contributed by atoms with Gasteiger partial charge in [-0.25, -0.2) is 9.97 Å². The number of hydrogen-bond acceptors (Lipinski definition) is 6. The maximum absolute atomic E-state index is 12.6. The van der Waals surface area contributed by atoms with Crippen molar-refractivity contribution in [3.63, 3.8) is 0 Å². The smallest absolute Gasteiger partial charge is 0.326 e. The van der Waals surface area contributed by atoms with Crippen LogP contribution in [-0.2, 0) is 20.8 Å². The highest BCUT2D eigenvalue weighted by molar-refractivity contribution is 6.06. The van der Waals surface area contributed by atoms with Gasteiger partial charge in [0.15, 0.2) is 5.65 Å². The summed E-state index contributed by atoms with van der Waals surface area (Å²) >= 11 is 0. The number of para-hydroxylation sites is 3. The molecule has 7 nitrogen and oxygen atoms in total. The third kappa shape index (κ3) is 3.74. The molecule has 0 aliphatic carbocycles. The molecule has 4 aromatic rings. The lowest BCUT2D eigenvalue weighted by molar-refractivity contribution is -0.144. The summed E-state index contributed by atoms with van der Waals surface area (Å²) in [5, 5.41) is 0.992. The third-order valence-electron chi connectivity index (χ3n) is 5.53. The predicted octanol–water partition coefficient (Wildman–Crippen LogP) is 3.00. The molecule has 7 heteroatoms. The molecule has 3 heterocycles. The number of carbonyl (C=O) groups is 1. The van der Waals surface area contributed by atoms with Gasteiger partial charge in [0, 0.05) is 25.0 Å². The van der Waals surface area contributed by atoms with Crippen LogP contribution < -0.4 is 0 Å². The summed E-state index contributed by atoms with van der Waals surface area (Å²) in [7, 11) is 0. The number of aromatic nitrogens is 3. The SMILES string of the molecule is O=C(Cn1c2ccccc2c2nc3ccccc3nc21)OCCCN1CCOCC1. The number of nitrogens with zero attached hydrogens (tertiary/aromatic N) is 4. The minimum atomic E-state index is -0.255. The van der Waals surface area contributed by atoms with Crippen LogP contribution in [0.1, 0.15) is 6.42 Å². The fourth-order valence-corrected chi connectivity index (χ4v) is 4.02. The summed E-state index contributed by atoms with van der Waals surface area (Å²) in [4.78, 5) is 24.5. The average molecular weight is 404 g/mol. The van der Waals surface area contributed by atoms with Crippen molar-refractivity contribution in [2.24, 2.45) is 0 Å². The maximum Gasteiger partial charge on any atom is 0.326 e. The molecule has 5 rings (SSSR count). The van der Waals surface area contributed by atoms with Gasteiger partial charge in [-0.3, -0.25) is 9.69 Å². The van der Waals surface area contributed by atoms with Gasteiger partial charge in [0.05, 0.1) is 36.4 Å². The highest BCUT2D eigenvalue weighted by atomic mass is 16.5. The first-order valence-corrected chi connectivity index (χ1v) is 10.4. The van der Waals surface area contributed by atoms with Crippen molar-refractivity contribution in [2.75, 3.05) is 39.5 Å². The molecule has 1 fully saturated rings. The summed E-state index contributed by atoms with van der Waals surface area (Å²) in [6, 6.07) is 15.7. The summed E-state index contributed by atoms with van der Waals surface area (Å²) in [5.41, 5.74) is 4.11. The lowest BCUT2D eigenvalue weighted by Crippen LogP contribution is -2.37. The number of fused-ring (bicyclic) bond motifs is 4. The monoisotopic (exact) mass is 404 g/mol. The quantitative estimate of drug-likeness (QED) is 0.364. The van der Waals surface area contributed by atoms with Gasteiger partial charge in [-0.2, -0.15) is 0 Å². The molecule has 0 radical (unpaired) electrons. The Morgan fingerprint density at radius 1 is 1.00 bits per heavy atom. The molecule has 0 amide bonds. The minimum Gasteiger partial charge on any atom is -0.464 e. The van der Waals surface area contributed by atoms with Crippen molar-refractivity contribution in [1.82, 2.24) is 19.4 Å². The second kappa shape index (κ2) is 8.38. The third-order valence-corrected chi connectivity index (χ3v) is 5.53. The van der Waals surface area contributed by atoms with Gasteiger partial charge in [0.25, 0.3) is 0 Å².